The minimum absolute atomic E-state index is 0.0423. The lowest BCUT2D eigenvalue weighted by Crippen LogP contribution is -2.60. The van der Waals surface area contributed by atoms with Crippen LogP contribution < -0.4 is 10.6 Å². The van der Waals surface area contributed by atoms with E-state index < -0.39 is 11.6 Å². The van der Waals surface area contributed by atoms with Gasteiger partial charge < -0.3 is 5.32 Å². The predicted molar refractivity (Wildman–Crippen MR) is 90.2 cm³/mol. The van der Waals surface area contributed by atoms with Crippen molar-refractivity contribution in [3.8, 4) is 6.07 Å². The van der Waals surface area contributed by atoms with Gasteiger partial charge in [-0.2, -0.15) is 5.26 Å². The van der Waals surface area contributed by atoms with Gasteiger partial charge in [-0.3, -0.25) is 19.9 Å². The smallest absolute Gasteiger partial charge is 0.238 e. The van der Waals surface area contributed by atoms with Crippen molar-refractivity contribution in [3.05, 3.63) is 30.1 Å². The van der Waals surface area contributed by atoms with Crippen LogP contribution in [0, 0.1) is 16.7 Å². The number of nitriles is 1. The molecule has 128 valence electrons. The van der Waals surface area contributed by atoms with Crippen molar-refractivity contribution in [1.82, 2.24) is 15.6 Å². The monoisotopic (exact) mass is 328 g/mol. The van der Waals surface area contributed by atoms with Crippen molar-refractivity contribution in [2.24, 2.45) is 5.41 Å². The van der Waals surface area contributed by atoms with Crippen LogP contribution in [-0.2, 0) is 4.79 Å². The number of aromatic nitrogens is 1. The molecule has 24 heavy (non-hydrogen) atoms. The average Bonchev–Trinajstić information content (AvgIpc) is 2.50. The van der Waals surface area contributed by atoms with Gasteiger partial charge in [0.2, 0.25) is 5.91 Å². The highest BCUT2D eigenvalue weighted by molar-refractivity contribution is 5.97. The van der Waals surface area contributed by atoms with Crippen LogP contribution in [0.25, 0.3) is 0 Å². The second-order valence-electron chi connectivity index (χ2n) is 7.38. The number of nitrogens with zero attached hydrogens (tertiary/aromatic N) is 2. The molecular weight excluding hydrogens is 304 g/mol. The van der Waals surface area contributed by atoms with E-state index in [-0.39, 0.29) is 23.7 Å². The maximum Gasteiger partial charge on any atom is 0.238 e. The van der Waals surface area contributed by atoms with Gasteiger partial charge in [0.15, 0.2) is 5.78 Å². The van der Waals surface area contributed by atoms with Gasteiger partial charge in [-0.15, -0.1) is 0 Å². The normalized spacial score (nSPS) is 17.2. The average molecular weight is 328 g/mol. The minimum atomic E-state index is -0.740. The molecule has 1 unspecified atom stereocenters. The Labute approximate surface area is 142 Å². The summed E-state index contributed by atoms with van der Waals surface area (Å²) in [6.45, 7) is 5.83. The van der Waals surface area contributed by atoms with Gasteiger partial charge >= 0.3 is 0 Å². The molecule has 0 bridgehead atoms. The van der Waals surface area contributed by atoms with Gasteiger partial charge in [0.25, 0.3) is 0 Å². The Hall–Kier alpha value is -2.26. The third kappa shape index (κ3) is 4.18. The SMILES string of the molecule is CC(C)(C)C(NCC(=O)c1cccnc1)C(=O)NC1(C#N)CCC1. The topological polar surface area (TPSA) is 94.9 Å². The zero-order chi connectivity index (χ0) is 17.8. The van der Waals surface area contributed by atoms with E-state index in [2.05, 4.69) is 21.7 Å². The quantitative estimate of drug-likeness (QED) is 0.777. The second-order valence-corrected chi connectivity index (χ2v) is 7.38. The highest BCUT2D eigenvalue weighted by Gasteiger charge is 2.42. The largest absolute Gasteiger partial charge is 0.336 e. The fourth-order valence-electron chi connectivity index (χ4n) is 2.72. The molecule has 1 amide bonds. The molecule has 6 nitrogen and oxygen atoms in total. The molecule has 0 aliphatic heterocycles. The Bertz CT molecular complexity index is 639. The first kappa shape index (κ1) is 18.1. The molecule has 0 saturated heterocycles. The van der Waals surface area contributed by atoms with Crippen molar-refractivity contribution < 1.29 is 9.59 Å². The third-order valence-electron chi connectivity index (χ3n) is 4.36. The van der Waals surface area contributed by atoms with Crippen molar-refractivity contribution >= 4 is 11.7 Å². The minimum Gasteiger partial charge on any atom is -0.336 e. The van der Waals surface area contributed by atoms with Crippen LogP contribution in [0.5, 0.6) is 0 Å². The van der Waals surface area contributed by atoms with Crippen LogP contribution in [0.2, 0.25) is 0 Å². The number of rotatable bonds is 6. The zero-order valence-corrected chi connectivity index (χ0v) is 14.4. The molecule has 0 aromatic carbocycles. The molecule has 1 saturated carbocycles. The van der Waals surface area contributed by atoms with E-state index >= 15 is 0 Å². The summed E-state index contributed by atoms with van der Waals surface area (Å²) in [5.74, 6) is -0.355. The summed E-state index contributed by atoms with van der Waals surface area (Å²) in [6.07, 6.45) is 5.42. The number of hydrogen-bond acceptors (Lipinski definition) is 5. The first-order valence-electron chi connectivity index (χ1n) is 8.17. The van der Waals surface area contributed by atoms with Crippen molar-refractivity contribution in [2.75, 3.05) is 6.54 Å². The van der Waals surface area contributed by atoms with Gasteiger partial charge in [0.1, 0.15) is 5.54 Å². The summed E-state index contributed by atoms with van der Waals surface area (Å²) in [7, 11) is 0. The number of amides is 1. The Morgan fingerprint density at radius 2 is 2.12 bits per heavy atom. The third-order valence-corrected chi connectivity index (χ3v) is 4.36. The molecular formula is C18H24N4O2. The zero-order valence-electron chi connectivity index (χ0n) is 14.4. The molecule has 0 spiro atoms. The molecule has 1 aliphatic carbocycles. The molecule has 0 radical (unpaired) electrons. The molecule has 1 aliphatic rings. The van der Waals surface area contributed by atoms with E-state index in [9.17, 15) is 14.9 Å². The fraction of sp³-hybridized carbons (Fsp3) is 0.556. The second kappa shape index (κ2) is 7.10. The lowest BCUT2D eigenvalue weighted by Gasteiger charge is -2.39. The highest BCUT2D eigenvalue weighted by atomic mass is 16.2. The molecule has 6 heteroatoms. The molecule has 2 rings (SSSR count). The van der Waals surface area contributed by atoms with Gasteiger partial charge in [-0.1, -0.05) is 20.8 Å². The summed E-state index contributed by atoms with van der Waals surface area (Å²) in [4.78, 5) is 28.8. The van der Waals surface area contributed by atoms with E-state index in [1.165, 1.54) is 6.20 Å². The lowest BCUT2D eigenvalue weighted by molar-refractivity contribution is -0.127. The molecule has 2 N–H and O–H groups in total. The van der Waals surface area contributed by atoms with E-state index in [4.69, 9.17) is 0 Å². The Morgan fingerprint density at radius 1 is 1.42 bits per heavy atom. The Morgan fingerprint density at radius 3 is 2.58 bits per heavy atom. The van der Waals surface area contributed by atoms with Gasteiger partial charge in [-0.05, 0) is 36.8 Å². The van der Waals surface area contributed by atoms with Crippen LogP contribution in [0.3, 0.4) is 0 Å². The number of pyridine rings is 1. The van der Waals surface area contributed by atoms with Crippen molar-refractivity contribution in [3.63, 3.8) is 0 Å². The highest BCUT2D eigenvalue weighted by Crippen LogP contribution is 2.31. The van der Waals surface area contributed by atoms with E-state index in [1.807, 2.05) is 20.8 Å². The van der Waals surface area contributed by atoms with Gasteiger partial charge in [0, 0.05) is 18.0 Å². The first-order valence-corrected chi connectivity index (χ1v) is 8.17. The maximum atomic E-state index is 12.7. The first-order chi connectivity index (χ1) is 11.3. The molecule has 1 atom stereocenters. The molecule has 1 aromatic rings. The van der Waals surface area contributed by atoms with Crippen LogP contribution >= 0.6 is 0 Å². The van der Waals surface area contributed by atoms with Crippen molar-refractivity contribution in [2.45, 2.75) is 51.6 Å². The summed E-state index contributed by atoms with van der Waals surface area (Å²) >= 11 is 0. The van der Waals surface area contributed by atoms with E-state index in [0.717, 1.165) is 6.42 Å². The Balaban J connectivity index is 2.02. The summed E-state index contributed by atoms with van der Waals surface area (Å²) in [5, 5.41) is 15.2. The lowest BCUT2D eigenvalue weighted by atomic mass is 9.77. The maximum absolute atomic E-state index is 12.7. The number of carbonyl (C=O) groups excluding carboxylic acids is 2. The number of Topliss-reactive ketones (excluding diaryl/α,β-unsaturated/α-hetero) is 1. The molecule has 1 heterocycles. The molecule has 1 fully saturated rings. The van der Waals surface area contributed by atoms with Crippen LogP contribution in [0.15, 0.2) is 24.5 Å². The predicted octanol–water partition coefficient (Wildman–Crippen LogP) is 1.83. The van der Waals surface area contributed by atoms with Gasteiger partial charge in [-0.25, -0.2) is 0 Å². The Kier molecular flexibility index (Phi) is 5.35. The van der Waals surface area contributed by atoms with Crippen molar-refractivity contribution in [1.29, 1.82) is 5.26 Å². The number of ketones is 1. The standard InChI is InChI=1S/C18H24N4O2/c1-17(2,3)15(16(24)22-18(12-19)7-5-8-18)21-11-14(23)13-6-4-9-20-10-13/h4,6,9-10,15,21H,5,7-8,11H2,1-3H3,(H,22,24). The summed E-state index contributed by atoms with van der Waals surface area (Å²) in [5.41, 5.74) is -0.625. The van der Waals surface area contributed by atoms with Crippen LogP contribution in [0.4, 0.5) is 0 Å². The summed E-state index contributed by atoms with van der Waals surface area (Å²) < 4.78 is 0. The van der Waals surface area contributed by atoms with Gasteiger partial charge in [0.05, 0.1) is 18.7 Å². The summed E-state index contributed by atoms with van der Waals surface area (Å²) in [6, 6.07) is 5.04. The van der Waals surface area contributed by atoms with E-state index in [0.29, 0.717) is 18.4 Å². The molecule has 1 aromatic heterocycles. The van der Waals surface area contributed by atoms with Crippen LogP contribution in [-0.4, -0.2) is 34.8 Å². The fourth-order valence-corrected chi connectivity index (χ4v) is 2.72. The van der Waals surface area contributed by atoms with E-state index in [1.54, 1.807) is 18.3 Å². The van der Waals surface area contributed by atoms with Crippen LogP contribution in [0.1, 0.15) is 50.4 Å². The number of nitrogens with one attached hydrogen (secondary N) is 2. The number of carbonyl (C=O) groups is 2. The number of hydrogen-bond donors (Lipinski definition) is 2.